The molecule has 4 heteroatoms. The average Bonchev–Trinajstić information content (AvgIpc) is 2.14. The van der Waals surface area contributed by atoms with Crippen molar-refractivity contribution in [2.24, 2.45) is 5.92 Å². The van der Waals surface area contributed by atoms with Gasteiger partial charge in [-0.15, -0.1) is 0 Å². The molecule has 0 rings (SSSR count). The van der Waals surface area contributed by atoms with Gasteiger partial charge in [0, 0.05) is 0 Å². The highest BCUT2D eigenvalue weighted by Crippen LogP contribution is 2.14. The maximum atomic E-state index is 11.6. The zero-order valence-electron chi connectivity index (χ0n) is 11.0. The Morgan fingerprint density at radius 1 is 1.44 bits per heavy atom. The smallest absolute Gasteiger partial charge is 0.311 e. The Morgan fingerprint density at radius 2 is 2.00 bits per heavy atom. The highest BCUT2D eigenvalue weighted by Gasteiger charge is 2.26. The average molecular weight is 231 g/mol. The second-order valence-corrected chi connectivity index (χ2v) is 5.03. The fourth-order valence-corrected chi connectivity index (χ4v) is 1.23. The molecule has 0 saturated heterocycles. The molecule has 0 aromatic rings. The van der Waals surface area contributed by atoms with E-state index in [0.717, 1.165) is 6.54 Å². The molecular weight excluding hydrogens is 206 g/mol. The molecule has 0 aromatic heterocycles. The highest BCUT2D eigenvalue weighted by atomic mass is 16.6. The van der Waals surface area contributed by atoms with Crippen LogP contribution in [-0.4, -0.2) is 35.9 Å². The van der Waals surface area contributed by atoms with E-state index >= 15 is 0 Å². The summed E-state index contributed by atoms with van der Waals surface area (Å²) in [6.07, 6.45) is -0.0808. The van der Waals surface area contributed by atoms with Gasteiger partial charge in [-0.2, -0.15) is 0 Å². The van der Waals surface area contributed by atoms with Crippen LogP contribution in [0.2, 0.25) is 0 Å². The number of esters is 1. The van der Waals surface area contributed by atoms with E-state index in [1.54, 1.807) is 6.92 Å². The van der Waals surface area contributed by atoms with Gasteiger partial charge in [0.05, 0.1) is 12.0 Å². The van der Waals surface area contributed by atoms with E-state index in [1.807, 2.05) is 27.7 Å². The van der Waals surface area contributed by atoms with E-state index in [9.17, 15) is 9.90 Å². The first-order chi connectivity index (χ1) is 7.28. The lowest BCUT2D eigenvalue weighted by atomic mass is 10.0. The van der Waals surface area contributed by atoms with Crippen LogP contribution < -0.4 is 5.32 Å². The van der Waals surface area contributed by atoms with Crippen molar-refractivity contribution in [2.75, 3.05) is 13.1 Å². The first kappa shape index (κ1) is 15.4. The third-order valence-corrected chi connectivity index (χ3v) is 2.22. The zero-order valence-corrected chi connectivity index (χ0v) is 11.0. The van der Waals surface area contributed by atoms with Crippen LogP contribution in [0.4, 0.5) is 0 Å². The second-order valence-electron chi connectivity index (χ2n) is 5.03. The molecule has 0 bridgehead atoms. The third kappa shape index (κ3) is 6.80. The van der Waals surface area contributed by atoms with Gasteiger partial charge in [0.1, 0.15) is 5.60 Å². The van der Waals surface area contributed by atoms with Crippen LogP contribution in [-0.2, 0) is 9.53 Å². The van der Waals surface area contributed by atoms with Crippen molar-refractivity contribution in [3.8, 4) is 0 Å². The lowest BCUT2D eigenvalue weighted by Gasteiger charge is -2.24. The van der Waals surface area contributed by atoms with E-state index < -0.39 is 17.6 Å². The van der Waals surface area contributed by atoms with Gasteiger partial charge >= 0.3 is 5.97 Å². The van der Waals surface area contributed by atoms with Crippen LogP contribution in [0.15, 0.2) is 0 Å². The molecule has 4 nitrogen and oxygen atoms in total. The van der Waals surface area contributed by atoms with Crippen LogP contribution in [0.3, 0.4) is 0 Å². The van der Waals surface area contributed by atoms with E-state index in [2.05, 4.69) is 5.32 Å². The molecule has 0 aliphatic heterocycles. The summed E-state index contributed by atoms with van der Waals surface area (Å²) in [4.78, 5) is 11.6. The molecule has 0 aromatic carbocycles. The molecule has 0 unspecified atom stereocenters. The predicted molar refractivity (Wildman–Crippen MR) is 64.2 cm³/mol. The Kier molecular flexibility index (Phi) is 6.60. The third-order valence-electron chi connectivity index (χ3n) is 2.22. The van der Waals surface area contributed by atoms with Gasteiger partial charge in [-0.05, 0) is 47.2 Å². The molecule has 0 amide bonds. The predicted octanol–water partition coefficient (Wildman–Crippen LogP) is 1.32. The van der Waals surface area contributed by atoms with Gasteiger partial charge < -0.3 is 15.2 Å². The first-order valence-corrected chi connectivity index (χ1v) is 5.89. The number of hydrogen-bond acceptors (Lipinski definition) is 4. The fraction of sp³-hybridized carbons (Fsp3) is 0.917. The van der Waals surface area contributed by atoms with E-state index in [-0.39, 0.29) is 5.97 Å². The van der Waals surface area contributed by atoms with Gasteiger partial charge in [0.2, 0.25) is 0 Å². The minimum Gasteiger partial charge on any atom is -0.460 e. The Hall–Kier alpha value is -0.610. The van der Waals surface area contributed by atoms with Crippen molar-refractivity contribution in [2.45, 2.75) is 52.7 Å². The summed E-state index contributed by atoms with van der Waals surface area (Å²) in [5.41, 5.74) is -0.493. The second kappa shape index (κ2) is 6.86. The number of carbonyl (C=O) groups excluding carboxylic acids is 1. The van der Waals surface area contributed by atoms with Crippen LogP contribution >= 0.6 is 0 Å². The summed E-state index contributed by atoms with van der Waals surface area (Å²) >= 11 is 0. The number of carbonyl (C=O) groups is 1. The zero-order chi connectivity index (χ0) is 12.8. The summed E-state index contributed by atoms with van der Waals surface area (Å²) in [5.74, 6) is -0.811. The summed E-state index contributed by atoms with van der Waals surface area (Å²) in [6, 6.07) is 0. The van der Waals surface area contributed by atoms with Gasteiger partial charge in [-0.25, -0.2) is 0 Å². The van der Waals surface area contributed by atoms with Gasteiger partial charge in [-0.1, -0.05) is 6.92 Å². The molecule has 0 spiro atoms. The largest absolute Gasteiger partial charge is 0.460 e. The monoisotopic (exact) mass is 231 g/mol. The summed E-state index contributed by atoms with van der Waals surface area (Å²) in [5, 5.41) is 12.9. The SMILES string of the molecule is CCNCC[C@H](O)[C@H](C)C(=O)OC(C)(C)C. The standard InChI is InChI=1S/C12H25NO3/c1-6-13-8-7-10(14)9(2)11(15)16-12(3,4)5/h9-10,13-14H,6-8H2,1-5H3/t9-,10-/m0/s1. The first-order valence-electron chi connectivity index (χ1n) is 5.89. The summed E-state index contributed by atoms with van der Waals surface area (Å²) < 4.78 is 5.21. The molecular formula is C12H25NO3. The van der Waals surface area contributed by atoms with Crippen LogP contribution in [0, 0.1) is 5.92 Å². The van der Waals surface area contributed by atoms with Crippen molar-refractivity contribution in [1.82, 2.24) is 5.32 Å². The van der Waals surface area contributed by atoms with Gasteiger partial charge in [-0.3, -0.25) is 4.79 Å². The van der Waals surface area contributed by atoms with E-state index in [0.29, 0.717) is 13.0 Å². The number of nitrogens with one attached hydrogen (secondary N) is 1. The molecule has 2 atom stereocenters. The van der Waals surface area contributed by atoms with Crippen LogP contribution in [0.1, 0.15) is 41.0 Å². The van der Waals surface area contributed by atoms with Gasteiger partial charge in [0.25, 0.3) is 0 Å². The van der Waals surface area contributed by atoms with Crippen molar-refractivity contribution >= 4 is 5.97 Å². The molecule has 0 radical (unpaired) electrons. The number of ether oxygens (including phenoxy) is 1. The molecule has 0 saturated carbocycles. The Bertz CT molecular complexity index is 211. The van der Waals surface area contributed by atoms with Gasteiger partial charge in [0.15, 0.2) is 0 Å². The van der Waals surface area contributed by atoms with Crippen LogP contribution in [0.5, 0.6) is 0 Å². The highest BCUT2D eigenvalue weighted by molar-refractivity contribution is 5.73. The maximum absolute atomic E-state index is 11.6. The summed E-state index contributed by atoms with van der Waals surface area (Å²) in [6.45, 7) is 10.8. The molecule has 2 N–H and O–H groups in total. The summed E-state index contributed by atoms with van der Waals surface area (Å²) in [7, 11) is 0. The van der Waals surface area contributed by atoms with Crippen LogP contribution in [0.25, 0.3) is 0 Å². The Morgan fingerprint density at radius 3 is 2.44 bits per heavy atom. The van der Waals surface area contributed by atoms with E-state index in [1.165, 1.54) is 0 Å². The normalized spacial score (nSPS) is 15.6. The molecule has 96 valence electrons. The minimum absolute atomic E-state index is 0.337. The lowest BCUT2D eigenvalue weighted by molar-refractivity contribution is -0.163. The maximum Gasteiger partial charge on any atom is 0.311 e. The van der Waals surface area contributed by atoms with E-state index in [4.69, 9.17) is 4.74 Å². The lowest BCUT2D eigenvalue weighted by Crippen LogP contribution is -2.34. The molecule has 0 aliphatic rings. The van der Waals surface area contributed by atoms with Crippen molar-refractivity contribution in [3.05, 3.63) is 0 Å². The molecule has 16 heavy (non-hydrogen) atoms. The quantitative estimate of drug-likeness (QED) is 0.535. The number of rotatable bonds is 6. The number of hydrogen-bond donors (Lipinski definition) is 2. The topological polar surface area (TPSA) is 58.6 Å². The fourth-order valence-electron chi connectivity index (χ4n) is 1.23. The molecule has 0 fully saturated rings. The Balaban J connectivity index is 4.01. The minimum atomic E-state index is -0.645. The molecule has 0 heterocycles. The van der Waals surface area contributed by atoms with Crippen molar-refractivity contribution in [3.63, 3.8) is 0 Å². The number of aliphatic hydroxyl groups is 1. The van der Waals surface area contributed by atoms with Crippen molar-refractivity contribution in [1.29, 1.82) is 0 Å². The Labute approximate surface area is 98.4 Å². The molecule has 0 aliphatic carbocycles. The van der Waals surface area contributed by atoms with Crippen molar-refractivity contribution < 1.29 is 14.6 Å². The number of aliphatic hydroxyl groups excluding tert-OH is 1.